The van der Waals surface area contributed by atoms with Crippen molar-refractivity contribution in [2.75, 3.05) is 6.54 Å². The number of nitrogens with one attached hydrogen (secondary N) is 2. The van der Waals surface area contributed by atoms with Gasteiger partial charge in [0.05, 0.1) is 4.90 Å². The van der Waals surface area contributed by atoms with Crippen LogP contribution in [0.4, 0.5) is 0 Å². The zero-order valence-corrected chi connectivity index (χ0v) is 17.8. The molecule has 152 valence electrons. The van der Waals surface area contributed by atoms with Crippen LogP contribution in [0.5, 0.6) is 0 Å². The van der Waals surface area contributed by atoms with E-state index in [9.17, 15) is 13.2 Å². The summed E-state index contributed by atoms with van der Waals surface area (Å²) in [5.41, 5.74) is 2.11. The first-order valence-corrected chi connectivity index (χ1v) is 11.1. The summed E-state index contributed by atoms with van der Waals surface area (Å²) < 4.78 is 28.0. The molecule has 0 fully saturated rings. The van der Waals surface area contributed by atoms with Gasteiger partial charge in [-0.25, -0.2) is 8.42 Å². The van der Waals surface area contributed by atoms with Crippen molar-refractivity contribution in [3.63, 3.8) is 0 Å². The van der Waals surface area contributed by atoms with Gasteiger partial charge in [0.25, 0.3) is 0 Å². The fourth-order valence-electron chi connectivity index (χ4n) is 2.93. The van der Waals surface area contributed by atoms with E-state index in [2.05, 4.69) is 10.0 Å². The highest BCUT2D eigenvalue weighted by atomic mass is 32.2. The van der Waals surface area contributed by atoms with Crippen molar-refractivity contribution in [1.29, 1.82) is 0 Å². The lowest BCUT2D eigenvalue weighted by Gasteiger charge is -2.21. The summed E-state index contributed by atoms with van der Waals surface area (Å²) >= 11 is 0. The molecule has 28 heavy (non-hydrogen) atoms. The van der Waals surface area contributed by atoms with Crippen LogP contribution in [-0.4, -0.2) is 26.9 Å². The highest BCUT2D eigenvalue weighted by Crippen LogP contribution is 2.15. The standard InChI is InChI=1S/C22H30N2O3S/c1-16(2)14-21(24-28(26,27)20-12-10-17(3)11-13-20)22(25)23-15-18(4)19-8-6-5-7-9-19/h5-13,16,18,21,24H,14-15H2,1-4H3,(H,23,25). The normalized spacial score (nSPS) is 13.9. The van der Waals surface area contributed by atoms with E-state index in [1.54, 1.807) is 24.3 Å². The lowest BCUT2D eigenvalue weighted by Crippen LogP contribution is -2.48. The fraction of sp³-hybridized carbons (Fsp3) is 0.409. The van der Waals surface area contributed by atoms with Gasteiger partial charge in [-0.3, -0.25) is 4.79 Å². The molecule has 0 bridgehead atoms. The van der Waals surface area contributed by atoms with Gasteiger partial charge in [-0.05, 0) is 42.9 Å². The summed E-state index contributed by atoms with van der Waals surface area (Å²) in [7, 11) is -3.77. The van der Waals surface area contributed by atoms with Crippen LogP contribution in [-0.2, 0) is 14.8 Å². The molecule has 0 heterocycles. The number of rotatable bonds is 9. The maximum absolute atomic E-state index is 12.7. The van der Waals surface area contributed by atoms with Crippen molar-refractivity contribution in [2.24, 2.45) is 5.92 Å². The van der Waals surface area contributed by atoms with Gasteiger partial charge in [0, 0.05) is 6.54 Å². The van der Waals surface area contributed by atoms with Gasteiger partial charge < -0.3 is 5.32 Å². The third-order valence-electron chi connectivity index (χ3n) is 4.60. The van der Waals surface area contributed by atoms with E-state index >= 15 is 0 Å². The van der Waals surface area contributed by atoms with Gasteiger partial charge in [-0.1, -0.05) is 68.8 Å². The number of aryl methyl sites for hydroxylation is 1. The van der Waals surface area contributed by atoms with Crippen LogP contribution in [0.25, 0.3) is 0 Å². The zero-order valence-electron chi connectivity index (χ0n) is 17.0. The quantitative estimate of drug-likeness (QED) is 0.673. The molecule has 0 spiro atoms. The van der Waals surface area contributed by atoms with Crippen molar-refractivity contribution in [3.05, 3.63) is 65.7 Å². The van der Waals surface area contributed by atoms with Crippen LogP contribution in [0.2, 0.25) is 0 Å². The number of benzene rings is 2. The van der Waals surface area contributed by atoms with Crippen LogP contribution in [0.15, 0.2) is 59.5 Å². The molecule has 0 aliphatic carbocycles. The Labute approximate surface area is 168 Å². The molecule has 2 unspecified atom stereocenters. The molecule has 0 saturated carbocycles. The molecule has 2 atom stereocenters. The predicted molar refractivity (Wildman–Crippen MR) is 113 cm³/mol. The minimum Gasteiger partial charge on any atom is -0.354 e. The zero-order chi connectivity index (χ0) is 20.7. The second-order valence-corrected chi connectivity index (χ2v) is 9.39. The van der Waals surface area contributed by atoms with Crippen LogP contribution < -0.4 is 10.0 Å². The Morgan fingerprint density at radius 3 is 2.14 bits per heavy atom. The SMILES string of the molecule is Cc1ccc(S(=O)(=O)NC(CC(C)C)C(=O)NCC(C)c2ccccc2)cc1. The monoisotopic (exact) mass is 402 g/mol. The van der Waals surface area contributed by atoms with Gasteiger partial charge >= 0.3 is 0 Å². The number of hydrogen-bond donors (Lipinski definition) is 2. The summed E-state index contributed by atoms with van der Waals surface area (Å²) in [5.74, 6) is 0.00809. The molecule has 2 aromatic carbocycles. The molecule has 5 nitrogen and oxygen atoms in total. The van der Waals surface area contributed by atoms with Crippen LogP contribution in [0.3, 0.4) is 0 Å². The topological polar surface area (TPSA) is 75.3 Å². The molecule has 2 aromatic rings. The maximum atomic E-state index is 12.7. The van der Waals surface area contributed by atoms with E-state index in [4.69, 9.17) is 0 Å². The molecule has 0 aromatic heterocycles. The van der Waals surface area contributed by atoms with Crippen molar-refractivity contribution in [1.82, 2.24) is 10.0 Å². The van der Waals surface area contributed by atoms with E-state index in [-0.39, 0.29) is 22.6 Å². The first-order valence-electron chi connectivity index (χ1n) is 9.60. The van der Waals surface area contributed by atoms with Gasteiger partial charge in [0.15, 0.2) is 0 Å². The Morgan fingerprint density at radius 2 is 1.57 bits per heavy atom. The predicted octanol–water partition coefficient (Wildman–Crippen LogP) is 3.61. The first kappa shape index (κ1) is 22.1. The van der Waals surface area contributed by atoms with Crippen molar-refractivity contribution < 1.29 is 13.2 Å². The van der Waals surface area contributed by atoms with Crippen molar-refractivity contribution in [3.8, 4) is 0 Å². The summed E-state index contributed by atoms with van der Waals surface area (Å²) in [6, 6.07) is 15.7. The van der Waals surface area contributed by atoms with E-state index in [0.717, 1.165) is 11.1 Å². The molecule has 0 aliphatic rings. The summed E-state index contributed by atoms with van der Waals surface area (Å²) in [4.78, 5) is 12.9. The molecule has 0 radical (unpaired) electrons. The van der Waals surface area contributed by atoms with E-state index in [1.165, 1.54) is 0 Å². The molecule has 6 heteroatoms. The van der Waals surface area contributed by atoms with Crippen molar-refractivity contribution >= 4 is 15.9 Å². The van der Waals surface area contributed by atoms with Gasteiger partial charge in [0.2, 0.25) is 15.9 Å². The molecular weight excluding hydrogens is 372 g/mol. The molecule has 1 amide bonds. The second kappa shape index (κ2) is 9.85. The summed E-state index contributed by atoms with van der Waals surface area (Å²) in [5, 5.41) is 2.90. The van der Waals surface area contributed by atoms with Gasteiger partial charge in [-0.15, -0.1) is 0 Å². The minimum absolute atomic E-state index is 0.138. The number of sulfonamides is 1. The third-order valence-corrected chi connectivity index (χ3v) is 6.09. The lowest BCUT2D eigenvalue weighted by molar-refractivity contribution is -0.123. The molecule has 2 rings (SSSR count). The van der Waals surface area contributed by atoms with E-state index in [1.807, 2.05) is 58.0 Å². The van der Waals surface area contributed by atoms with Gasteiger partial charge in [0.1, 0.15) is 6.04 Å². The average molecular weight is 403 g/mol. The molecular formula is C22H30N2O3S. The number of carbonyl (C=O) groups is 1. The van der Waals surface area contributed by atoms with Gasteiger partial charge in [-0.2, -0.15) is 4.72 Å². The first-order chi connectivity index (χ1) is 13.2. The Kier molecular flexibility index (Phi) is 7.78. The summed E-state index contributed by atoms with van der Waals surface area (Å²) in [6.07, 6.45) is 0.427. The highest BCUT2D eigenvalue weighted by molar-refractivity contribution is 7.89. The Morgan fingerprint density at radius 1 is 0.964 bits per heavy atom. The maximum Gasteiger partial charge on any atom is 0.241 e. The fourth-order valence-corrected chi connectivity index (χ4v) is 4.14. The Bertz CT molecular complexity index is 862. The van der Waals surface area contributed by atoms with Crippen LogP contribution >= 0.6 is 0 Å². The lowest BCUT2D eigenvalue weighted by atomic mass is 10.0. The largest absolute Gasteiger partial charge is 0.354 e. The number of amides is 1. The average Bonchev–Trinajstić information content (AvgIpc) is 2.65. The van der Waals surface area contributed by atoms with E-state index < -0.39 is 16.1 Å². The third kappa shape index (κ3) is 6.46. The van der Waals surface area contributed by atoms with E-state index in [0.29, 0.717) is 13.0 Å². The highest BCUT2D eigenvalue weighted by Gasteiger charge is 2.26. The molecule has 2 N–H and O–H groups in total. The van der Waals surface area contributed by atoms with Crippen molar-refractivity contribution in [2.45, 2.75) is 51.0 Å². The molecule has 0 saturated heterocycles. The molecule has 0 aliphatic heterocycles. The second-order valence-electron chi connectivity index (χ2n) is 7.67. The number of hydrogen-bond acceptors (Lipinski definition) is 3. The Hall–Kier alpha value is -2.18. The van der Waals surface area contributed by atoms with Crippen LogP contribution in [0, 0.1) is 12.8 Å². The summed E-state index contributed by atoms with van der Waals surface area (Å²) in [6.45, 7) is 8.31. The minimum atomic E-state index is -3.77. The van der Waals surface area contributed by atoms with Crippen LogP contribution in [0.1, 0.15) is 44.2 Å². The smallest absolute Gasteiger partial charge is 0.241 e. The Balaban J connectivity index is 2.07. The number of carbonyl (C=O) groups excluding carboxylic acids is 1.